The van der Waals surface area contributed by atoms with E-state index in [2.05, 4.69) is 47.2 Å². The largest absolute Gasteiger partial charge is 0.264 e. The Kier molecular flexibility index (Phi) is 5.68. The third kappa shape index (κ3) is 2.92. The maximum Gasteiger partial charge on any atom is 0 e. The van der Waals surface area contributed by atoms with Crippen LogP contribution in [-0.4, -0.2) is 0 Å². The molecule has 1 heterocycles. The van der Waals surface area contributed by atoms with Crippen molar-refractivity contribution in [1.82, 2.24) is 0 Å². The quantitative estimate of drug-likeness (QED) is 0.550. The summed E-state index contributed by atoms with van der Waals surface area (Å²) >= 11 is 1.68. The van der Waals surface area contributed by atoms with Crippen molar-refractivity contribution in [2.24, 2.45) is 0 Å². The number of hydrogen-bond donors (Lipinski definition) is 0. The molecule has 0 unspecified atom stereocenters. The summed E-state index contributed by atoms with van der Waals surface area (Å²) < 4.78 is 0. The van der Waals surface area contributed by atoms with Gasteiger partial charge in [-0.05, 0) is 12.8 Å². The molecule has 2 aliphatic carbocycles. The van der Waals surface area contributed by atoms with E-state index in [1.54, 1.807) is 11.3 Å². The Morgan fingerprint density at radius 3 is 2.24 bits per heavy atom. The Balaban J connectivity index is 0.000000722. The molecular weight excluding hydrogens is 284 g/mol. The number of hydrogen-bond acceptors (Lipinski definition) is 1. The number of thiophene rings is 1. The molecule has 0 radical (unpaired) electrons. The van der Waals surface area contributed by atoms with E-state index in [9.17, 15) is 0 Å². The van der Waals surface area contributed by atoms with E-state index in [1.807, 2.05) is 0 Å². The van der Waals surface area contributed by atoms with Gasteiger partial charge in [0.25, 0.3) is 0 Å². The average molecular weight is 296 g/mol. The molecule has 0 N–H and O–H groups in total. The normalized spacial score (nSPS) is 16.2. The van der Waals surface area contributed by atoms with Crippen molar-refractivity contribution < 1.29 is 21.7 Å². The molecule has 17 heavy (non-hydrogen) atoms. The summed E-state index contributed by atoms with van der Waals surface area (Å²) in [6, 6.07) is 0. The smallest absolute Gasteiger partial charge is 0 e. The summed E-state index contributed by atoms with van der Waals surface area (Å²) in [5.74, 6) is 0. The molecule has 3 rings (SSSR count). The zero-order chi connectivity index (χ0) is 10.1. The summed E-state index contributed by atoms with van der Waals surface area (Å²) in [6.07, 6.45) is 15.2. The van der Waals surface area contributed by atoms with Gasteiger partial charge in [0.05, 0.1) is 0 Å². The fraction of sp³-hybridized carbons (Fsp3) is 0.143. The first-order valence-corrected chi connectivity index (χ1v) is 6.04. The van der Waals surface area contributed by atoms with Crippen LogP contribution in [0, 0.1) is 5.38 Å². The minimum Gasteiger partial charge on any atom is -0.264 e. The van der Waals surface area contributed by atoms with Crippen molar-refractivity contribution in [3.05, 3.63) is 58.3 Å². The van der Waals surface area contributed by atoms with Crippen molar-refractivity contribution >= 4 is 34.9 Å². The Morgan fingerprint density at radius 1 is 1.00 bits per heavy atom. The van der Waals surface area contributed by atoms with Gasteiger partial charge in [-0.2, -0.15) is 0 Å². The molecule has 0 nitrogen and oxygen atoms in total. The molecule has 0 saturated carbocycles. The average Bonchev–Trinajstić information content (AvgIpc) is 3.01. The second-order valence-corrected chi connectivity index (χ2v) is 4.45. The first kappa shape index (κ1) is 14.7. The van der Waals surface area contributed by atoms with Crippen LogP contribution < -0.4 is 0 Å². The Labute approximate surface area is 127 Å². The molecule has 3 heteroatoms. The van der Waals surface area contributed by atoms with E-state index >= 15 is 0 Å². The van der Waals surface area contributed by atoms with Crippen molar-refractivity contribution in [2.45, 2.75) is 12.8 Å². The van der Waals surface area contributed by atoms with Crippen molar-refractivity contribution in [3.63, 3.8) is 0 Å². The molecule has 1 aromatic rings. The summed E-state index contributed by atoms with van der Waals surface area (Å²) in [7, 11) is 0. The molecule has 0 bridgehead atoms. The number of rotatable bonds is 2. The third-order valence-electron chi connectivity index (χ3n) is 2.82. The Bertz CT molecular complexity index is 462. The second kappa shape index (κ2) is 6.56. The number of halogens is 1. The van der Waals surface area contributed by atoms with Gasteiger partial charge >= 0.3 is 0 Å². The van der Waals surface area contributed by atoms with Gasteiger partial charge in [0.2, 0.25) is 0 Å². The summed E-state index contributed by atoms with van der Waals surface area (Å²) in [5.41, 5.74) is 5.51. The van der Waals surface area contributed by atoms with Gasteiger partial charge in [0, 0.05) is 21.7 Å². The van der Waals surface area contributed by atoms with E-state index in [0.717, 1.165) is 12.8 Å². The molecule has 0 aliphatic heterocycles. The zero-order valence-electron chi connectivity index (χ0n) is 9.27. The standard InChI is InChI=1S/C14H11S.ClH.Ti/c1-2-6-11(5-1)13-9-15-10-14(13)12-7-3-4-8-12;;/h1-5,7,9H,6,8H2;1H;/q-1;;. The van der Waals surface area contributed by atoms with Crippen LogP contribution >= 0.6 is 23.7 Å². The maximum atomic E-state index is 3.39. The van der Waals surface area contributed by atoms with Crippen LogP contribution in [0.2, 0.25) is 0 Å². The Hall–Kier alpha value is -0.336. The van der Waals surface area contributed by atoms with Crippen molar-refractivity contribution in [1.29, 1.82) is 0 Å². The molecule has 0 aromatic carbocycles. The molecule has 0 saturated heterocycles. The van der Waals surface area contributed by atoms with Crippen molar-refractivity contribution in [3.8, 4) is 0 Å². The molecule has 0 fully saturated rings. The van der Waals surface area contributed by atoms with Gasteiger partial charge in [-0.1, -0.05) is 41.3 Å². The van der Waals surface area contributed by atoms with E-state index in [0.29, 0.717) is 0 Å². The van der Waals surface area contributed by atoms with Crippen molar-refractivity contribution in [2.75, 3.05) is 0 Å². The third-order valence-corrected chi connectivity index (χ3v) is 3.49. The van der Waals surface area contributed by atoms with Gasteiger partial charge in [-0.15, -0.1) is 40.6 Å². The van der Waals surface area contributed by atoms with Crippen LogP contribution in [0.3, 0.4) is 0 Å². The van der Waals surface area contributed by atoms with E-state index in [1.165, 1.54) is 22.3 Å². The van der Waals surface area contributed by atoms with Crippen LogP contribution in [0.1, 0.15) is 24.0 Å². The molecule has 86 valence electrons. The molecule has 1 aromatic heterocycles. The predicted molar refractivity (Wildman–Crippen MR) is 73.9 cm³/mol. The topological polar surface area (TPSA) is 0 Å². The van der Waals surface area contributed by atoms with Gasteiger partial charge in [-0.3, -0.25) is 11.3 Å². The van der Waals surface area contributed by atoms with Gasteiger partial charge < -0.3 is 0 Å². The minimum atomic E-state index is 0. The summed E-state index contributed by atoms with van der Waals surface area (Å²) in [5, 5.41) is 5.60. The monoisotopic (exact) mass is 295 g/mol. The van der Waals surface area contributed by atoms with Gasteiger partial charge in [-0.25, -0.2) is 0 Å². The summed E-state index contributed by atoms with van der Waals surface area (Å²) in [4.78, 5) is 0. The van der Waals surface area contributed by atoms with Crippen LogP contribution in [0.4, 0.5) is 0 Å². The number of allylic oxidation sites excluding steroid dienone is 8. The SMILES string of the molecule is Cl.[Ti].[c-]1scc(C2=CC=CC2)c1C1=CC=CC1. The van der Waals surface area contributed by atoms with E-state index in [4.69, 9.17) is 0 Å². The molecule has 0 atom stereocenters. The first-order chi connectivity index (χ1) is 7.45. The fourth-order valence-corrected chi connectivity index (χ4v) is 2.82. The predicted octanol–water partition coefficient (Wildman–Crippen LogP) is 4.65. The van der Waals surface area contributed by atoms with E-state index in [-0.39, 0.29) is 34.1 Å². The summed E-state index contributed by atoms with van der Waals surface area (Å²) in [6.45, 7) is 0. The molecular formula is C14H12ClSTi-. The van der Waals surface area contributed by atoms with E-state index < -0.39 is 0 Å². The minimum absolute atomic E-state index is 0. The zero-order valence-corrected chi connectivity index (χ0v) is 12.5. The Morgan fingerprint density at radius 2 is 1.65 bits per heavy atom. The second-order valence-electron chi connectivity index (χ2n) is 3.77. The fourth-order valence-electron chi connectivity index (χ4n) is 2.02. The molecule has 0 amide bonds. The van der Waals surface area contributed by atoms with Crippen LogP contribution in [0.15, 0.2) is 41.8 Å². The van der Waals surface area contributed by atoms with Gasteiger partial charge in [0.1, 0.15) is 0 Å². The first-order valence-electron chi connectivity index (χ1n) is 5.16. The molecule has 0 spiro atoms. The van der Waals surface area contributed by atoms with Crippen LogP contribution in [-0.2, 0) is 21.7 Å². The van der Waals surface area contributed by atoms with Crippen LogP contribution in [0.25, 0.3) is 11.1 Å². The van der Waals surface area contributed by atoms with Crippen LogP contribution in [0.5, 0.6) is 0 Å². The molecule has 2 aliphatic rings. The van der Waals surface area contributed by atoms with Gasteiger partial charge in [0.15, 0.2) is 0 Å². The maximum absolute atomic E-state index is 3.39.